The molecule has 0 saturated carbocycles. The molecular weight excluding hydrogens is 356 g/mol. The first-order chi connectivity index (χ1) is 12.3. The van der Waals surface area contributed by atoms with Gasteiger partial charge in [-0.25, -0.2) is 13.1 Å². The Bertz CT molecular complexity index is 1040. The fourth-order valence-corrected chi connectivity index (χ4v) is 4.24. The van der Waals surface area contributed by atoms with E-state index in [1.165, 1.54) is 0 Å². The fraction of sp³-hybridized carbons (Fsp3) is 0.294. The van der Waals surface area contributed by atoms with Crippen LogP contribution in [0, 0.1) is 20.8 Å². The van der Waals surface area contributed by atoms with Crippen LogP contribution < -0.4 is 9.46 Å². The molecule has 0 aliphatic rings. The molecule has 3 rings (SSSR count). The van der Waals surface area contributed by atoms with Crippen molar-refractivity contribution < 1.29 is 17.6 Å². The van der Waals surface area contributed by atoms with Crippen molar-refractivity contribution >= 4 is 10.0 Å². The molecule has 0 aliphatic carbocycles. The van der Waals surface area contributed by atoms with Crippen LogP contribution >= 0.6 is 0 Å². The number of ether oxygens (including phenoxy) is 1. The predicted octanol–water partition coefficient (Wildman–Crippen LogP) is 2.48. The van der Waals surface area contributed by atoms with Gasteiger partial charge in [0.15, 0.2) is 0 Å². The van der Waals surface area contributed by atoms with E-state index in [4.69, 9.17) is 9.15 Å². The molecule has 138 valence electrons. The molecule has 0 amide bonds. The van der Waals surface area contributed by atoms with Crippen molar-refractivity contribution in [3.8, 4) is 17.3 Å². The quantitative estimate of drug-likeness (QED) is 0.684. The van der Waals surface area contributed by atoms with Crippen LogP contribution in [-0.2, 0) is 16.6 Å². The molecule has 3 aromatic rings. The summed E-state index contributed by atoms with van der Waals surface area (Å²) in [6, 6.07) is 7.23. The van der Waals surface area contributed by atoms with Crippen molar-refractivity contribution in [2.24, 2.45) is 0 Å². The Labute approximate surface area is 151 Å². The Hall–Kier alpha value is -2.65. The molecule has 0 fully saturated rings. The molecule has 2 aromatic heterocycles. The standard InChI is InChI=1S/C17H20N4O4S/c1-10-15(17-21-20-12(3)25-17)19-11(2)16(10)26(22,23)18-9-13-6-5-7-14(8-13)24-4/h5-8,18-19H,9H2,1-4H3. The topological polar surface area (TPSA) is 110 Å². The van der Waals surface area contributed by atoms with Crippen LogP contribution in [0.5, 0.6) is 5.75 Å². The lowest BCUT2D eigenvalue weighted by molar-refractivity contribution is 0.414. The summed E-state index contributed by atoms with van der Waals surface area (Å²) < 4.78 is 38.8. The van der Waals surface area contributed by atoms with E-state index >= 15 is 0 Å². The summed E-state index contributed by atoms with van der Waals surface area (Å²) in [7, 11) is -2.17. The summed E-state index contributed by atoms with van der Waals surface area (Å²) in [5, 5.41) is 7.73. The number of aryl methyl sites for hydroxylation is 2. The van der Waals surface area contributed by atoms with Crippen molar-refractivity contribution in [1.29, 1.82) is 0 Å². The van der Waals surface area contributed by atoms with E-state index in [1.54, 1.807) is 40.0 Å². The Morgan fingerprint density at radius 1 is 1.23 bits per heavy atom. The van der Waals surface area contributed by atoms with E-state index in [9.17, 15) is 8.42 Å². The average Bonchev–Trinajstić information content (AvgIpc) is 3.16. The number of nitrogens with zero attached hydrogens (tertiary/aromatic N) is 2. The molecule has 2 heterocycles. The Morgan fingerprint density at radius 3 is 2.65 bits per heavy atom. The van der Waals surface area contributed by atoms with Gasteiger partial charge in [0.05, 0.1) is 7.11 Å². The zero-order valence-electron chi connectivity index (χ0n) is 15.0. The summed E-state index contributed by atoms with van der Waals surface area (Å²) in [5.74, 6) is 1.34. The lowest BCUT2D eigenvalue weighted by atomic mass is 10.2. The Morgan fingerprint density at radius 2 is 2.00 bits per heavy atom. The molecule has 1 aromatic carbocycles. The van der Waals surface area contributed by atoms with Crippen LogP contribution in [0.25, 0.3) is 11.6 Å². The maximum atomic E-state index is 12.8. The molecule has 0 unspecified atom stereocenters. The third kappa shape index (κ3) is 3.49. The van der Waals surface area contributed by atoms with Crippen LogP contribution in [0.15, 0.2) is 33.6 Å². The van der Waals surface area contributed by atoms with Crippen LogP contribution in [0.3, 0.4) is 0 Å². The molecule has 0 bridgehead atoms. The van der Waals surface area contributed by atoms with Crippen molar-refractivity contribution in [3.05, 3.63) is 47.0 Å². The number of benzene rings is 1. The number of hydrogen-bond acceptors (Lipinski definition) is 6. The molecule has 0 spiro atoms. The molecular formula is C17H20N4O4S. The summed E-state index contributed by atoms with van der Waals surface area (Å²) in [6.45, 7) is 5.23. The van der Waals surface area contributed by atoms with E-state index in [0.29, 0.717) is 28.6 Å². The van der Waals surface area contributed by atoms with Gasteiger partial charge in [-0.15, -0.1) is 10.2 Å². The molecule has 0 atom stereocenters. The second kappa shape index (κ2) is 6.93. The number of H-pyrrole nitrogens is 1. The summed E-state index contributed by atoms with van der Waals surface area (Å²) in [4.78, 5) is 3.22. The van der Waals surface area contributed by atoms with E-state index < -0.39 is 10.0 Å². The SMILES string of the molecule is COc1cccc(CNS(=O)(=O)c2c(C)[nH]c(-c3nnc(C)o3)c2C)c1. The Balaban J connectivity index is 1.88. The highest BCUT2D eigenvalue weighted by Crippen LogP contribution is 2.29. The van der Waals surface area contributed by atoms with E-state index in [-0.39, 0.29) is 17.3 Å². The molecule has 8 nitrogen and oxygen atoms in total. The van der Waals surface area contributed by atoms with Gasteiger partial charge in [-0.1, -0.05) is 12.1 Å². The number of methoxy groups -OCH3 is 1. The molecule has 0 saturated heterocycles. The van der Waals surface area contributed by atoms with Crippen molar-refractivity contribution in [1.82, 2.24) is 19.9 Å². The van der Waals surface area contributed by atoms with Crippen molar-refractivity contribution in [3.63, 3.8) is 0 Å². The van der Waals surface area contributed by atoms with Gasteiger partial charge >= 0.3 is 0 Å². The predicted molar refractivity (Wildman–Crippen MR) is 95.3 cm³/mol. The maximum Gasteiger partial charge on any atom is 0.264 e. The number of aromatic nitrogens is 3. The average molecular weight is 376 g/mol. The monoisotopic (exact) mass is 376 g/mol. The largest absolute Gasteiger partial charge is 0.497 e. The fourth-order valence-electron chi connectivity index (χ4n) is 2.78. The summed E-state index contributed by atoms with van der Waals surface area (Å²) in [6.07, 6.45) is 0. The maximum absolute atomic E-state index is 12.8. The van der Waals surface area contributed by atoms with Gasteiger partial charge in [-0.3, -0.25) is 0 Å². The van der Waals surface area contributed by atoms with Crippen LogP contribution in [0.1, 0.15) is 22.7 Å². The first kappa shape index (κ1) is 18.2. The summed E-state index contributed by atoms with van der Waals surface area (Å²) in [5.41, 5.74) is 2.34. The molecule has 9 heteroatoms. The highest BCUT2D eigenvalue weighted by atomic mass is 32.2. The highest BCUT2D eigenvalue weighted by molar-refractivity contribution is 7.89. The summed E-state index contributed by atoms with van der Waals surface area (Å²) >= 11 is 0. The minimum absolute atomic E-state index is 0.151. The minimum atomic E-state index is -3.73. The molecule has 0 radical (unpaired) electrons. The van der Waals surface area contributed by atoms with Gasteiger partial charge in [0.1, 0.15) is 16.3 Å². The second-order valence-corrected chi connectivity index (χ2v) is 7.59. The zero-order chi connectivity index (χ0) is 18.9. The van der Waals surface area contributed by atoms with Gasteiger partial charge < -0.3 is 14.1 Å². The van der Waals surface area contributed by atoms with E-state index in [0.717, 1.165) is 5.56 Å². The highest BCUT2D eigenvalue weighted by Gasteiger charge is 2.26. The zero-order valence-corrected chi connectivity index (χ0v) is 15.8. The number of sulfonamides is 1. The molecule has 2 N–H and O–H groups in total. The lowest BCUT2D eigenvalue weighted by Crippen LogP contribution is -2.24. The van der Waals surface area contributed by atoms with Gasteiger partial charge in [0.2, 0.25) is 15.9 Å². The lowest BCUT2D eigenvalue weighted by Gasteiger charge is -2.09. The number of rotatable bonds is 6. The van der Waals surface area contributed by atoms with Crippen molar-refractivity contribution in [2.45, 2.75) is 32.2 Å². The normalized spacial score (nSPS) is 11.7. The third-order valence-electron chi connectivity index (χ3n) is 3.98. The third-order valence-corrected chi connectivity index (χ3v) is 5.65. The van der Waals surface area contributed by atoms with Gasteiger partial charge in [0.25, 0.3) is 5.89 Å². The smallest absolute Gasteiger partial charge is 0.264 e. The minimum Gasteiger partial charge on any atom is -0.497 e. The van der Waals surface area contributed by atoms with Gasteiger partial charge in [0, 0.05) is 19.2 Å². The van der Waals surface area contributed by atoms with Crippen LogP contribution in [0.4, 0.5) is 0 Å². The second-order valence-electron chi connectivity index (χ2n) is 5.88. The Kier molecular flexibility index (Phi) is 4.84. The van der Waals surface area contributed by atoms with Gasteiger partial charge in [-0.2, -0.15) is 0 Å². The molecule has 0 aliphatic heterocycles. The van der Waals surface area contributed by atoms with Crippen LogP contribution in [0.2, 0.25) is 0 Å². The van der Waals surface area contributed by atoms with Crippen LogP contribution in [-0.4, -0.2) is 30.7 Å². The van der Waals surface area contributed by atoms with E-state index in [1.807, 2.05) is 12.1 Å². The van der Waals surface area contributed by atoms with Crippen molar-refractivity contribution in [2.75, 3.05) is 7.11 Å². The molecule has 26 heavy (non-hydrogen) atoms. The first-order valence-electron chi connectivity index (χ1n) is 7.94. The number of aromatic amines is 1. The van der Waals surface area contributed by atoms with E-state index in [2.05, 4.69) is 19.9 Å². The number of nitrogens with one attached hydrogen (secondary N) is 2. The van der Waals surface area contributed by atoms with Gasteiger partial charge in [-0.05, 0) is 37.1 Å². The number of hydrogen-bond donors (Lipinski definition) is 2. The first-order valence-corrected chi connectivity index (χ1v) is 9.42.